The lowest BCUT2D eigenvalue weighted by atomic mass is 10.5. The first-order chi connectivity index (χ1) is 4.81. The molecule has 0 radical (unpaired) electrons. The molecule has 0 aliphatic rings. The van der Waals surface area contributed by atoms with Gasteiger partial charge in [0.05, 0.1) is 13.1 Å². The topological polar surface area (TPSA) is 52.0 Å². The van der Waals surface area contributed by atoms with Crippen LogP contribution in [0.1, 0.15) is 13.3 Å². The number of hydrogen-bond donors (Lipinski definition) is 3. The van der Waals surface area contributed by atoms with Gasteiger partial charge in [0, 0.05) is 0 Å². The van der Waals surface area contributed by atoms with Crippen LogP contribution in [0.25, 0.3) is 0 Å². The molecule has 0 bridgehead atoms. The maximum absolute atomic E-state index is 5.49. The Morgan fingerprint density at radius 2 is 2.40 bits per heavy atom. The van der Waals surface area contributed by atoms with E-state index in [2.05, 4.69) is 10.3 Å². The van der Waals surface area contributed by atoms with Gasteiger partial charge in [-0.2, -0.15) is 5.75 Å². The van der Waals surface area contributed by atoms with Crippen molar-refractivity contribution in [2.75, 3.05) is 18.8 Å². The fourth-order valence-corrected chi connectivity index (χ4v) is 0.693. The maximum Gasteiger partial charge on any atom is 0.341 e. The summed E-state index contributed by atoms with van der Waals surface area (Å²) in [5.74, 6) is 1.43. The molecule has 4 heteroatoms. The van der Waals surface area contributed by atoms with E-state index in [9.17, 15) is 0 Å². The zero-order chi connectivity index (χ0) is 7.82. The minimum atomic E-state index is 0.644. The van der Waals surface area contributed by atoms with Crippen LogP contribution < -0.4 is 16.0 Å². The van der Waals surface area contributed by atoms with Crippen LogP contribution in [-0.2, 0) is 12.6 Å². The standard InChI is InChI=1S/C6H15N3S/c1-2-8-6(7)9-4-3-5-10/h10H,2-5H2,1H3,(H3,7,8,9). The minimum Gasteiger partial charge on any atom is -0.792 e. The van der Waals surface area contributed by atoms with E-state index in [0.717, 1.165) is 25.3 Å². The molecule has 0 aromatic rings. The predicted octanol–water partition coefficient (Wildman–Crippen LogP) is -2.07. The summed E-state index contributed by atoms with van der Waals surface area (Å²) in [7, 11) is 0. The summed E-state index contributed by atoms with van der Waals surface area (Å²) in [6.07, 6.45) is 0.988. The third-order valence-electron chi connectivity index (χ3n) is 1.00. The second-order valence-corrected chi connectivity index (χ2v) is 2.34. The van der Waals surface area contributed by atoms with E-state index < -0.39 is 0 Å². The lowest BCUT2D eigenvalue weighted by Gasteiger charge is -1.98. The van der Waals surface area contributed by atoms with Crippen LogP contribution in [0.2, 0.25) is 0 Å². The number of hydrogen-bond acceptors (Lipinski definition) is 1. The number of rotatable bonds is 4. The molecule has 0 heterocycles. The second-order valence-electron chi connectivity index (χ2n) is 1.93. The molecule has 0 amide bonds. The predicted molar refractivity (Wildman–Crippen MR) is 45.5 cm³/mol. The Labute approximate surface area is 67.5 Å². The van der Waals surface area contributed by atoms with Crippen molar-refractivity contribution in [3.63, 3.8) is 0 Å². The Morgan fingerprint density at radius 3 is 2.90 bits per heavy atom. The van der Waals surface area contributed by atoms with Crippen molar-refractivity contribution in [1.82, 2.24) is 5.32 Å². The van der Waals surface area contributed by atoms with Crippen molar-refractivity contribution in [3.05, 3.63) is 0 Å². The molecule has 0 rings (SSSR count). The van der Waals surface area contributed by atoms with Crippen LogP contribution in [0.15, 0.2) is 0 Å². The van der Waals surface area contributed by atoms with Gasteiger partial charge in [-0.3, -0.25) is 16.0 Å². The van der Waals surface area contributed by atoms with E-state index in [-0.39, 0.29) is 0 Å². The van der Waals surface area contributed by atoms with Crippen molar-refractivity contribution < 1.29 is 4.99 Å². The first-order valence-electron chi connectivity index (χ1n) is 3.49. The van der Waals surface area contributed by atoms with Crippen molar-refractivity contribution in [3.8, 4) is 0 Å². The summed E-state index contributed by atoms with van der Waals surface area (Å²) in [6, 6.07) is 0. The van der Waals surface area contributed by atoms with Crippen LogP contribution in [0, 0.1) is 0 Å². The molecule has 0 atom stereocenters. The second kappa shape index (κ2) is 6.74. The van der Waals surface area contributed by atoms with Gasteiger partial charge in [0.25, 0.3) is 0 Å². The molecule has 0 aromatic carbocycles. The number of nitrogens with one attached hydrogen (secondary N) is 2. The number of guanidine groups is 1. The van der Waals surface area contributed by atoms with E-state index in [1.165, 1.54) is 0 Å². The summed E-state index contributed by atoms with van der Waals surface area (Å²) >= 11 is 4.76. The van der Waals surface area contributed by atoms with Gasteiger partial charge in [-0.25, -0.2) is 0 Å². The average molecular weight is 161 g/mol. The fraction of sp³-hybridized carbons (Fsp3) is 0.833. The Balaban J connectivity index is 3.28. The third-order valence-corrected chi connectivity index (χ3v) is 1.29. The van der Waals surface area contributed by atoms with E-state index in [4.69, 9.17) is 18.4 Å². The first kappa shape index (κ1) is 9.62. The van der Waals surface area contributed by atoms with E-state index in [1.807, 2.05) is 6.92 Å². The quantitative estimate of drug-likeness (QED) is 0.192. The monoisotopic (exact) mass is 161 g/mol. The summed E-state index contributed by atoms with van der Waals surface area (Å²) in [5, 5.41) is 2.95. The molecule has 60 valence electrons. The van der Waals surface area contributed by atoms with E-state index >= 15 is 0 Å². The normalized spacial score (nSPS) is 11.6. The highest BCUT2D eigenvalue weighted by Crippen LogP contribution is 1.63. The highest BCUT2D eigenvalue weighted by Gasteiger charge is 1.90. The van der Waals surface area contributed by atoms with Crippen molar-refractivity contribution in [1.29, 1.82) is 0 Å². The SMILES string of the molecule is CCNC(N)=[NH+]CCC[S-]. The zero-order valence-electron chi connectivity index (χ0n) is 6.31. The molecular weight excluding hydrogens is 146 g/mol. The summed E-state index contributed by atoms with van der Waals surface area (Å²) in [4.78, 5) is 3.00. The van der Waals surface area contributed by atoms with Crippen molar-refractivity contribution in [2.45, 2.75) is 13.3 Å². The van der Waals surface area contributed by atoms with Crippen LogP contribution in [0.3, 0.4) is 0 Å². The first-order valence-corrected chi connectivity index (χ1v) is 4.07. The summed E-state index contributed by atoms with van der Waals surface area (Å²) < 4.78 is 0. The van der Waals surface area contributed by atoms with Gasteiger partial charge in [-0.15, -0.1) is 0 Å². The van der Waals surface area contributed by atoms with Gasteiger partial charge in [0.2, 0.25) is 0 Å². The van der Waals surface area contributed by atoms with Gasteiger partial charge >= 0.3 is 5.96 Å². The van der Waals surface area contributed by atoms with Crippen LogP contribution in [0.4, 0.5) is 0 Å². The largest absolute Gasteiger partial charge is 0.792 e. The van der Waals surface area contributed by atoms with Crippen molar-refractivity contribution >= 4 is 18.6 Å². The molecule has 0 spiro atoms. The summed E-state index contributed by atoms with van der Waals surface area (Å²) in [6.45, 7) is 3.72. The summed E-state index contributed by atoms with van der Waals surface area (Å²) in [5.41, 5.74) is 5.49. The van der Waals surface area contributed by atoms with Gasteiger partial charge in [-0.1, -0.05) is 0 Å². The maximum atomic E-state index is 5.49. The average Bonchev–Trinajstić information content (AvgIpc) is 1.89. The van der Waals surface area contributed by atoms with Crippen LogP contribution in [-0.4, -0.2) is 24.8 Å². The highest BCUT2D eigenvalue weighted by molar-refractivity contribution is 7.58. The van der Waals surface area contributed by atoms with Gasteiger partial charge in [0.15, 0.2) is 0 Å². The molecule has 0 aromatic heterocycles. The smallest absolute Gasteiger partial charge is 0.341 e. The van der Waals surface area contributed by atoms with Crippen molar-refractivity contribution in [2.24, 2.45) is 5.73 Å². The molecule has 0 fully saturated rings. The van der Waals surface area contributed by atoms with E-state index in [1.54, 1.807) is 0 Å². The Kier molecular flexibility index (Phi) is 6.48. The highest BCUT2D eigenvalue weighted by atomic mass is 32.1. The van der Waals surface area contributed by atoms with Crippen LogP contribution >= 0.6 is 0 Å². The molecule has 0 saturated carbocycles. The molecule has 0 aliphatic carbocycles. The Bertz CT molecular complexity index is 103. The van der Waals surface area contributed by atoms with Gasteiger partial charge < -0.3 is 12.6 Å². The lowest BCUT2D eigenvalue weighted by molar-refractivity contribution is -0.460. The van der Waals surface area contributed by atoms with E-state index in [0.29, 0.717) is 5.96 Å². The molecular formula is C6H15N3S. The Hall–Kier alpha value is -0.380. The van der Waals surface area contributed by atoms with Gasteiger partial charge in [-0.05, 0) is 13.3 Å². The third kappa shape index (κ3) is 5.75. The zero-order valence-corrected chi connectivity index (χ0v) is 7.13. The molecule has 0 aliphatic heterocycles. The number of nitrogens with two attached hydrogens (primary N) is 1. The lowest BCUT2D eigenvalue weighted by Crippen LogP contribution is -2.78. The molecule has 10 heavy (non-hydrogen) atoms. The van der Waals surface area contributed by atoms with Gasteiger partial charge in [0.1, 0.15) is 0 Å². The minimum absolute atomic E-state index is 0.644. The molecule has 0 unspecified atom stereocenters. The molecule has 3 nitrogen and oxygen atoms in total. The molecule has 4 N–H and O–H groups in total. The van der Waals surface area contributed by atoms with Crippen LogP contribution in [0.5, 0.6) is 0 Å². The Morgan fingerprint density at radius 1 is 1.70 bits per heavy atom. The fourth-order valence-electron chi connectivity index (χ4n) is 0.548. The molecule has 0 saturated heterocycles.